The molecule has 0 spiro atoms. The van der Waals surface area contributed by atoms with Crippen molar-refractivity contribution in [3.63, 3.8) is 0 Å². The van der Waals surface area contributed by atoms with Crippen molar-refractivity contribution in [3.8, 4) is 5.82 Å². The summed E-state index contributed by atoms with van der Waals surface area (Å²) in [5.74, 6) is 0.936. The minimum absolute atomic E-state index is 0.936. The second kappa shape index (κ2) is 6.67. The molecule has 0 saturated heterocycles. The highest BCUT2D eigenvalue weighted by molar-refractivity contribution is 5.91. The summed E-state index contributed by atoms with van der Waals surface area (Å²) < 4.78 is 2.10. The fraction of sp³-hybridized carbons (Fsp3) is 0.273. The van der Waals surface area contributed by atoms with Gasteiger partial charge in [0.25, 0.3) is 0 Å². The molecule has 0 N–H and O–H groups in total. The van der Waals surface area contributed by atoms with Crippen LogP contribution in [0.15, 0.2) is 43.0 Å². The van der Waals surface area contributed by atoms with E-state index in [1.165, 1.54) is 38.4 Å². The fourth-order valence-electron chi connectivity index (χ4n) is 3.33. The van der Waals surface area contributed by atoms with Crippen LogP contribution in [0.1, 0.15) is 36.1 Å². The number of aryl methyl sites for hydroxylation is 2. The van der Waals surface area contributed by atoms with E-state index in [0.717, 1.165) is 11.3 Å². The summed E-state index contributed by atoms with van der Waals surface area (Å²) in [5.41, 5.74) is 6.46. The molecule has 3 aromatic heterocycles. The van der Waals surface area contributed by atoms with Crippen LogP contribution in [0, 0.1) is 27.7 Å². The molecule has 0 saturated carbocycles. The van der Waals surface area contributed by atoms with Gasteiger partial charge < -0.3 is 0 Å². The summed E-state index contributed by atoms with van der Waals surface area (Å²) in [6.45, 7) is 12.8. The molecule has 0 radical (unpaired) electrons. The van der Waals surface area contributed by atoms with Crippen molar-refractivity contribution < 1.29 is 0 Å². The molecule has 0 bridgehead atoms. The lowest BCUT2D eigenvalue weighted by Gasteiger charge is -2.15. The molecule has 1 aromatic carbocycles. The first-order valence-corrected chi connectivity index (χ1v) is 8.85. The van der Waals surface area contributed by atoms with E-state index in [4.69, 9.17) is 4.98 Å². The van der Waals surface area contributed by atoms with Crippen molar-refractivity contribution in [1.82, 2.24) is 14.5 Å². The molecule has 0 fully saturated rings. The van der Waals surface area contributed by atoms with Gasteiger partial charge in [-0.1, -0.05) is 13.8 Å². The standard InChI is InChI=1S/C20H19N3.C2H6/c1-12-13(2)15(4)18-10-22-20(9-17(18)14(12)3)23-8-6-16-5-7-21-11-19(16)23;1-2/h5-11H,1-4H3;1-2H3. The number of benzene rings is 1. The van der Waals surface area contributed by atoms with E-state index in [1.54, 1.807) is 0 Å². The van der Waals surface area contributed by atoms with Crippen LogP contribution in [0.25, 0.3) is 27.5 Å². The van der Waals surface area contributed by atoms with Gasteiger partial charge >= 0.3 is 0 Å². The molecule has 0 aliphatic heterocycles. The lowest BCUT2D eigenvalue weighted by atomic mass is 9.93. The first-order valence-electron chi connectivity index (χ1n) is 8.85. The van der Waals surface area contributed by atoms with E-state index < -0.39 is 0 Å². The summed E-state index contributed by atoms with van der Waals surface area (Å²) in [6, 6.07) is 6.31. The molecule has 25 heavy (non-hydrogen) atoms. The lowest BCUT2D eigenvalue weighted by molar-refractivity contribution is 1.04. The molecular formula is C22H25N3. The van der Waals surface area contributed by atoms with Crippen molar-refractivity contribution in [2.75, 3.05) is 0 Å². The number of aromatic nitrogens is 3. The second-order valence-electron chi connectivity index (χ2n) is 6.21. The number of hydrogen-bond donors (Lipinski definition) is 0. The summed E-state index contributed by atoms with van der Waals surface area (Å²) >= 11 is 0. The molecule has 3 nitrogen and oxygen atoms in total. The van der Waals surface area contributed by atoms with Gasteiger partial charge in [-0.25, -0.2) is 4.98 Å². The Kier molecular flexibility index (Phi) is 4.58. The van der Waals surface area contributed by atoms with E-state index in [0.29, 0.717) is 0 Å². The monoisotopic (exact) mass is 331 g/mol. The molecule has 4 aromatic rings. The smallest absolute Gasteiger partial charge is 0.137 e. The zero-order chi connectivity index (χ0) is 18.1. The van der Waals surface area contributed by atoms with Crippen LogP contribution in [0.2, 0.25) is 0 Å². The average molecular weight is 331 g/mol. The van der Waals surface area contributed by atoms with Gasteiger partial charge in [-0.05, 0) is 73.5 Å². The first kappa shape index (κ1) is 17.2. The van der Waals surface area contributed by atoms with Crippen LogP contribution in [0.5, 0.6) is 0 Å². The average Bonchev–Trinajstić information content (AvgIpc) is 3.10. The van der Waals surface area contributed by atoms with E-state index in [9.17, 15) is 0 Å². The Morgan fingerprint density at radius 2 is 1.48 bits per heavy atom. The molecule has 4 rings (SSSR count). The van der Waals surface area contributed by atoms with Crippen molar-refractivity contribution >= 4 is 21.7 Å². The Balaban J connectivity index is 0.000000880. The van der Waals surface area contributed by atoms with E-state index in [1.807, 2.05) is 38.5 Å². The van der Waals surface area contributed by atoms with Gasteiger partial charge in [-0.15, -0.1) is 0 Å². The quantitative estimate of drug-likeness (QED) is 0.439. The van der Waals surface area contributed by atoms with E-state index in [2.05, 4.69) is 55.6 Å². The molecule has 0 aliphatic rings. The zero-order valence-corrected chi connectivity index (χ0v) is 15.9. The molecule has 0 aliphatic carbocycles. The Hall–Kier alpha value is -2.68. The van der Waals surface area contributed by atoms with Crippen LogP contribution in [-0.2, 0) is 0 Å². The number of fused-ring (bicyclic) bond motifs is 2. The summed E-state index contributed by atoms with van der Waals surface area (Å²) in [5, 5.41) is 3.69. The predicted molar refractivity (Wildman–Crippen MR) is 107 cm³/mol. The van der Waals surface area contributed by atoms with Crippen molar-refractivity contribution in [3.05, 3.63) is 65.2 Å². The molecule has 128 valence electrons. The third-order valence-corrected chi connectivity index (χ3v) is 5.13. The number of nitrogens with zero attached hydrogens (tertiary/aromatic N) is 3. The largest absolute Gasteiger partial charge is 0.300 e. The molecule has 3 heterocycles. The Bertz CT molecular complexity index is 1060. The van der Waals surface area contributed by atoms with Crippen molar-refractivity contribution in [1.29, 1.82) is 0 Å². The second-order valence-corrected chi connectivity index (χ2v) is 6.21. The highest BCUT2D eigenvalue weighted by Gasteiger charge is 2.11. The van der Waals surface area contributed by atoms with Gasteiger partial charge in [-0.2, -0.15) is 0 Å². The fourth-order valence-corrected chi connectivity index (χ4v) is 3.33. The summed E-state index contributed by atoms with van der Waals surface area (Å²) in [4.78, 5) is 8.95. The molecular weight excluding hydrogens is 306 g/mol. The van der Waals surface area contributed by atoms with Crippen molar-refractivity contribution in [2.24, 2.45) is 0 Å². The normalized spacial score (nSPS) is 10.8. The van der Waals surface area contributed by atoms with Gasteiger partial charge in [0.05, 0.1) is 11.7 Å². The topological polar surface area (TPSA) is 30.7 Å². The van der Waals surface area contributed by atoms with Crippen molar-refractivity contribution in [2.45, 2.75) is 41.5 Å². The zero-order valence-electron chi connectivity index (χ0n) is 15.9. The number of pyridine rings is 2. The van der Waals surface area contributed by atoms with Crippen LogP contribution in [-0.4, -0.2) is 14.5 Å². The highest BCUT2D eigenvalue weighted by Crippen LogP contribution is 2.30. The summed E-state index contributed by atoms with van der Waals surface area (Å²) in [6.07, 6.45) is 7.77. The van der Waals surface area contributed by atoms with E-state index >= 15 is 0 Å². The maximum absolute atomic E-state index is 4.71. The minimum Gasteiger partial charge on any atom is -0.300 e. The van der Waals surface area contributed by atoms with Crippen LogP contribution >= 0.6 is 0 Å². The minimum atomic E-state index is 0.936. The van der Waals surface area contributed by atoms with Gasteiger partial charge in [0, 0.05) is 29.4 Å². The van der Waals surface area contributed by atoms with Crippen LogP contribution < -0.4 is 0 Å². The molecule has 3 heteroatoms. The highest BCUT2D eigenvalue weighted by atomic mass is 15.1. The first-order chi connectivity index (χ1) is 12.1. The van der Waals surface area contributed by atoms with Crippen LogP contribution in [0.4, 0.5) is 0 Å². The maximum atomic E-state index is 4.71. The predicted octanol–water partition coefficient (Wildman–Crippen LogP) is 5.83. The third-order valence-electron chi connectivity index (χ3n) is 5.13. The third kappa shape index (κ3) is 2.70. The SMILES string of the molecule is CC.Cc1c(C)c(C)c2cc(-n3ccc4ccncc43)ncc2c1C. The van der Waals surface area contributed by atoms with Gasteiger partial charge in [-0.3, -0.25) is 9.55 Å². The Morgan fingerprint density at radius 3 is 2.20 bits per heavy atom. The number of hydrogen-bond acceptors (Lipinski definition) is 2. The molecule has 0 amide bonds. The summed E-state index contributed by atoms with van der Waals surface area (Å²) in [7, 11) is 0. The Labute approximate surface area is 149 Å². The lowest BCUT2D eigenvalue weighted by Crippen LogP contribution is -1.99. The van der Waals surface area contributed by atoms with Gasteiger partial charge in [0.1, 0.15) is 5.82 Å². The van der Waals surface area contributed by atoms with Gasteiger partial charge in [0.15, 0.2) is 0 Å². The van der Waals surface area contributed by atoms with Crippen LogP contribution in [0.3, 0.4) is 0 Å². The van der Waals surface area contributed by atoms with Gasteiger partial charge in [0.2, 0.25) is 0 Å². The number of rotatable bonds is 1. The molecule has 0 unspecified atom stereocenters. The van der Waals surface area contributed by atoms with E-state index in [-0.39, 0.29) is 0 Å². The molecule has 0 atom stereocenters. The Morgan fingerprint density at radius 1 is 0.800 bits per heavy atom. The maximum Gasteiger partial charge on any atom is 0.137 e.